The maximum atomic E-state index is 13.1. The number of hydrogen-bond acceptors (Lipinski definition) is 5. The molecule has 0 unspecified atom stereocenters. The minimum absolute atomic E-state index is 0.00723. The summed E-state index contributed by atoms with van der Waals surface area (Å²) >= 11 is 9.83. The molecular formula is C18H18BrClN6O. The van der Waals surface area contributed by atoms with Gasteiger partial charge in [-0.25, -0.2) is 4.79 Å². The number of aromatic nitrogens is 5. The monoisotopic (exact) mass is 448 g/mol. The Bertz CT molecular complexity index is 1150. The van der Waals surface area contributed by atoms with E-state index in [0.29, 0.717) is 17.6 Å². The highest BCUT2D eigenvalue weighted by Crippen LogP contribution is 2.25. The lowest BCUT2D eigenvalue weighted by Gasteiger charge is -2.09. The van der Waals surface area contributed by atoms with Gasteiger partial charge in [0.1, 0.15) is 5.52 Å². The highest BCUT2D eigenvalue weighted by molar-refractivity contribution is 9.10. The van der Waals surface area contributed by atoms with E-state index in [0.717, 1.165) is 21.3 Å². The van der Waals surface area contributed by atoms with Gasteiger partial charge in [-0.3, -0.25) is 14.1 Å². The zero-order valence-corrected chi connectivity index (χ0v) is 17.5. The van der Waals surface area contributed by atoms with E-state index in [9.17, 15) is 4.79 Å². The minimum atomic E-state index is -0.282. The topological polar surface area (TPSA) is 91.6 Å². The zero-order valence-electron chi connectivity index (χ0n) is 15.2. The molecule has 0 fully saturated rings. The van der Waals surface area contributed by atoms with Crippen molar-refractivity contribution in [3.63, 3.8) is 0 Å². The highest BCUT2D eigenvalue weighted by Gasteiger charge is 2.20. The van der Waals surface area contributed by atoms with Gasteiger partial charge in [0.15, 0.2) is 10.8 Å². The molecule has 3 aromatic rings. The van der Waals surface area contributed by atoms with Gasteiger partial charge in [0.05, 0.1) is 18.8 Å². The smallest absolute Gasteiger partial charge is 0.331 e. The molecule has 0 aliphatic rings. The van der Waals surface area contributed by atoms with Crippen molar-refractivity contribution in [1.29, 1.82) is 0 Å². The molecule has 0 radical (unpaired) electrons. The lowest BCUT2D eigenvalue weighted by atomic mass is 10.1. The first-order chi connectivity index (χ1) is 12.8. The van der Waals surface area contributed by atoms with E-state index < -0.39 is 0 Å². The highest BCUT2D eigenvalue weighted by atomic mass is 79.9. The van der Waals surface area contributed by atoms with Crippen molar-refractivity contribution in [2.24, 2.45) is 0 Å². The standard InChI is InChI=1S/C18H18BrClN6O/c1-4-5-6-7-25-14-15(20)23-17(21)24-16(14)26(18(25)27)9-12-11(3)13(19)10(2)8-22-12/h8H,4,7,9H2,1-3H3,(H2,21,23,24). The number of hydrogen-bond donors (Lipinski definition) is 1. The second-order valence-electron chi connectivity index (χ2n) is 6.03. The van der Waals surface area contributed by atoms with E-state index >= 15 is 0 Å². The number of halogens is 2. The lowest BCUT2D eigenvalue weighted by molar-refractivity contribution is 0.697. The van der Waals surface area contributed by atoms with E-state index in [4.69, 9.17) is 17.3 Å². The fourth-order valence-electron chi connectivity index (χ4n) is 2.79. The molecule has 0 aliphatic carbocycles. The summed E-state index contributed by atoms with van der Waals surface area (Å²) in [6, 6.07) is 0. The fraction of sp³-hybridized carbons (Fsp3) is 0.333. The lowest BCUT2D eigenvalue weighted by Crippen LogP contribution is -2.25. The molecule has 3 aromatic heterocycles. The van der Waals surface area contributed by atoms with Crippen LogP contribution < -0.4 is 11.4 Å². The Morgan fingerprint density at radius 2 is 2.00 bits per heavy atom. The first-order valence-electron chi connectivity index (χ1n) is 8.33. The van der Waals surface area contributed by atoms with Gasteiger partial charge in [0, 0.05) is 17.1 Å². The van der Waals surface area contributed by atoms with Crippen LogP contribution in [0.1, 0.15) is 30.2 Å². The molecular weight excluding hydrogens is 432 g/mol. The molecule has 2 N–H and O–H groups in total. The molecule has 0 saturated heterocycles. The minimum Gasteiger partial charge on any atom is -0.368 e. The molecule has 140 valence electrons. The summed E-state index contributed by atoms with van der Waals surface area (Å²) in [4.78, 5) is 25.8. The second-order valence-corrected chi connectivity index (χ2v) is 7.18. The second kappa shape index (κ2) is 7.71. The third-order valence-corrected chi connectivity index (χ3v) is 5.68. The van der Waals surface area contributed by atoms with Gasteiger partial charge in [-0.1, -0.05) is 40.4 Å². The van der Waals surface area contributed by atoms with Crippen LogP contribution in [0.3, 0.4) is 0 Å². The third-order valence-electron chi connectivity index (χ3n) is 4.20. The predicted octanol–water partition coefficient (Wildman–Crippen LogP) is 3.06. The Morgan fingerprint density at radius 3 is 2.70 bits per heavy atom. The van der Waals surface area contributed by atoms with Crippen molar-refractivity contribution in [2.75, 3.05) is 5.73 Å². The molecule has 0 spiro atoms. The largest absolute Gasteiger partial charge is 0.368 e. The predicted molar refractivity (Wildman–Crippen MR) is 110 cm³/mol. The average molecular weight is 450 g/mol. The van der Waals surface area contributed by atoms with Crippen molar-refractivity contribution in [2.45, 2.75) is 40.3 Å². The fourth-order valence-corrected chi connectivity index (χ4v) is 3.40. The van der Waals surface area contributed by atoms with E-state index in [1.165, 1.54) is 9.13 Å². The van der Waals surface area contributed by atoms with Crippen LogP contribution in [-0.2, 0) is 13.1 Å². The maximum absolute atomic E-state index is 13.1. The van der Waals surface area contributed by atoms with Gasteiger partial charge in [0.2, 0.25) is 5.95 Å². The Hall–Kier alpha value is -2.37. The van der Waals surface area contributed by atoms with Crippen LogP contribution in [0.25, 0.3) is 11.2 Å². The Kier molecular flexibility index (Phi) is 5.53. The molecule has 0 amide bonds. The molecule has 3 rings (SSSR count). The van der Waals surface area contributed by atoms with Crippen molar-refractivity contribution < 1.29 is 0 Å². The van der Waals surface area contributed by atoms with Crippen LogP contribution in [0.15, 0.2) is 15.5 Å². The normalized spacial score (nSPS) is 10.9. The summed E-state index contributed by atoms with van der Waals surface area (Å²) in [7, 11) is 0. The summed E-state index contributed by atoms with van der Waals surface area (Å²) < 4.78 is 3.94. The number of pyridine rings is 1. The number of nitrogens with zero attached hydrogens (tertiary/aromatic N) is 5. The first kappa shape index (κ1) is 19.4. The SMILES string of the molecule is CCC#CCn1c(=O)n(Cc2ncc(C)c(Br)c2C)c2nc(N)nc(Cl)c21. The molecule has 0 bridgehead atoms. The van der Waals surface area contributed by atoms with Crippen molar-refractivity contribution in [3.8, 4) is 11.8 Å². The van der Waals surface area contributed by atoms with Crippen molar-refractivity contribution in [3.05, 3.63) is 43.1 Å². The summed E-state index contributed by atoms with van der Waals surface area (Å²) in [5.74, 6) is 5.92. The number of fused-ring (bicyclic) bond motifs is 1. The zero-order chi connectivity index (χ0) is 19.7. The number of rotatable bonds is 3. The summed E-state index contributed by atoms with van der Waals surface area (Å²) in [5.41, 5.74) is 9.00. The quantitative estimate of drug-likeness (QED) is 0.490. The number of nitrogen functional groups attached to an aromatic ring is 1. The molecule has 0 atom stereocenters. The number of aryl methyl sites for hydroxylation is 1. The van der Waals surface area contributed by atoms with Gasteiger partial charge in [-0.05, 0) is 25.0 Å². The van der Waals surface area contributed by atoms with Gasteiger partial charge in [-0.2, -0.15) is 9.97 Å². The Morgan fingerprint density at radius 1 is 1.26 bits per heavy atom. The van der Waals surface area contributed by atoms with Crippen LogP contribution in [0.4, 0.5) is 5.95 Å². The Labute approximate surface area is 169 Å². The van der Waals surface area contributed by atoms with Crippen molar-refractivity contribution >= 4 is 44.6 Å². The molecule has 3 heterocycles. The number of anilines is 1. The summed E-state index contributed by atoms with van der Waals surface area (Å²) in [6.07, 6.45) is 2.46. The van der Waals surface area contributed by atoms with Gasteiger partial charge >= 0.3 is 5.69 Å². The first-order valence-corrected chi connectivity index (χ1v) is 9.50. The van der Waals surface area contributed by atoms with E-state index in [2.05, 4.69) is 42.7 Å². The molecule has 7 nitrogen and oxygen atoms in total. The van der Waals surface area contributed by atoms with E-state index in [1.807, 2.05) is 20.8 Å². The molecule has 9 heteroatoms. The third kappa shape index (κ3) is 3.57. The Balaban J connectivity index is 2.22. The molecule has 0 saturated carbocycles. The molecule has 0 aliphatic heterocycles. The van der Waals surface area contributed by atoms with Crippen LogP contribution in [0.5, 0.6) is 0 Å². The van der Waals surface area contributed by atoms with Gasteiger partial charge in [0.25, 0.3) is 0 Å². The summed E-state index contributed by atoms with van der Waals surface area (Å²) in [6.45, 7) is 6.30. The molecule has 27 heavy (non-hydrogen) atoms. The molecule has 0 aromatic carbocycles. The van der Waals surface area contributed by atoms with E-state index in [1.54, 1.807) is 6.20 Å². The maximum Gasteiger partial charge on any atom is 0.331 e. The van der Waals surface area contributed by atoms with Crippen LogP contribution in [0, 0.1) is 25.7 Å². The number of imidazole rings is 1. The summed E-state index contributed by atoms with van der Waals surface area (Å²) in [5, 5.41) is 0.126. The average Bonchev–Trinajstić information content (AvgIpc) is 2.88. The van der Waals surface area contributed by atoms with Crippen LogP contribution in [0.2, 0.25) is 5.15 Å². The van der Waals surface area contributed by atoms with E-state index in [-0.39, 0.29) is 29.9 Å². The van der Waals surface area contributed by atoms with Crippen molar-refractivity contribution in [1.82, 2.24) is 24.1 Å². The number of nitrogens with two attached hydrogens (primary N) is 1. The van der Waals surface area contributed by atoms with Gasteiger partial charge < -0.3 is 5.73 Å². The van der Waals surface area contributed by atoms with Crippen LogP contribution >= 0.6 is 27.5 Å². The van der Waals surface area contributed by atoms with Crippen LogP contribution in [-0.4, -0.2) is 24.1 Å². The van der Waals surface area contributed by atoms with Gasteiger partial charge in [-0.15, -0.1) is 5.92 Å².